The van der Waals surface area contributed by atoms with Crippen LogP contribution < -0.4 is 10.6 Å². The molecule has 3 heteroatoms. The minimum Gasteiger partial charge on any atom is -0.315 e. The highest BCUT2D eigenvalue weighted by molar-refractivity contribution is 5.14. The molecule has 0 aromatic heterocycles. The molecule has 2 unspecified atom stereocenters. The van der Waals surface area contributed by atoms with Gasteiger partial charge in [-0.2, -0.15) is 0 Å². The lowest BCUT2D eigenvalue weighted by atomic mass is 10.0. The number of hydrogen-bond acceptors (Lipinski definition) is 3. The van der Waals surface area contributed by atoms with Crippen LogP contribution >= 0.6 is 0 Å². The van der Waals surface area contributed by atoms with Crippen LogP contribution in [0.25, 0.3) is 0 Å². The highest BCUT2D eigenvalue weighted by Gasteiger charge is 2.23. The van der Waals surface area contributed by atoms with E-state index in [1.54, 1.807) is 0 Å². The van der Waals surface area contributed by atoms with Crippen LogP contribution in [0.1, 0.15) is 31.2 Å². The van der Waals surface area contributed by atoms with Crippen molar-refractivity contribution >= 4 is 0 Å². The number of benzene rings is 1. The molecule has 1 aromatic rings. The van der Waals surface area contributed by atoms with Gasteiger partial charge in [0.15, 0.2) is 0 Å². The van der Waals surface area contributed by atoms with Gasteiger partial charge in [-0.3, -0.25) is 4.90 Å². The Labute approximate surface area is 122 Å². The molecule has 2 heterocycles. The largest absolute Gasteiger partial charge is 0.315 e. The van der Waals surface area contributed by atoms with E-state index in [9.17, 15) is 0 Å². The summed E-state index contributed by atoms with van der Waals surface area (Å²) < 4.78 is 0. The maximum Gasteiger partial charge on any atom is 0.0234 e. The van der Waals surface area contributed by atoms with Crippen LogP contribution in [0.3, 0.4) is 0 Å². The summed E-state index contributed by atoms with van der Waals surface area (Å²) in [5.41, 5.74) is 1.44. The summed E-state index contributed by atoms with van der Waals surface area (Å²) in [6, 6.07) is 12.2. The fourth-order valence-corrected chi connectivity index (χ4v) is 3.50. The molecule has 2 fully saturated rings. The molecule has 2 aliphatic rings. The van der Waals surface area contributed by atoms with Gasteiger partial charge in [0.05, 0.1) is 0 Å². The predicted molar refractivity (Wildman–Crippen MR) is 83.8 cm³/mol. The van der Waals surface area contributed by atoms with Crippen LogP contribution in [0.5, 0.6) is 0 Å². The number of piperidine rings is 2. The first-order chi connectivity index (χ1) is 9.90. The molecule has 2 N–H and O–H groups in total. The molecule has 0 amide bonds. The third-order valence-corrected chi connectivity index (χ3v) is 4.52. The van der Waals surface area contributed by atoms with E-state index in [1.165, 1.54) is 50.9 Å². The zero-order valence-electron chi connectivity index (χ0n) is 12.4. The lowest BCUT2D eigenvalue weighted by Gasteiger charge is -2.36. The summed E-state index contributed by atoms with van der Waals surface area (Å²) in [6.07, 6.45) is 5.31. The van der Waals surface area contributed by atoms with E-state index in [-0.39, 0.29) is 0 Å². The number of hydrogen-bond donors (Lipinski definition) is 2. The third kappa shape index (κ3) is 4.05. The molecule has 0 saturated carbocycles. The van der Waals surface area contributed by atoms with Crippen molar-refractivity contribution in [1.29, 1.82) is 0 Å². The summed E-state index contributed by atoms with van der Waals surface area (Å²) >= 11 is 0. The maximum atomic E-state index is 3.87. The summed E-state index contributed by atoms with van der Waals surface area (Å²) in [7, 11) is 0. The van der Waals surface area contributed by atoms with Gasteiger partial charge in [-0.1, -0.05) is 30.3 Å². The van der Waals surface area contributed by atoms with Crippen molar-refractivity contribution in [3.63, 3.8) is 0 Å². The quantitative estimate of drug-likeness (QED) is 0.878. The van der Waals surface area contributed by atoms with E-state index in [1.807, 2.05) is 0 Å². The molecule has 110 valence electrons. The fraction of sp³-hybridized carbons (Fsp3) is 0.647. The van der Waals surface area contributed by atoms with Crippen LogP contribution in [-0.4, -0.2) is 43.2 Å². The second-order valence-corrected chi connectivity index (χ2v) is 6.27. The molecular weight excluding hydrogens is 246 g/mol. The Morgan fingerprint density at radius 1 is 1.10 bits per heavy atom. The van der Waals surface area contributed by atoms with Crippen molar-refractivity contribution in [2.24, 2.45) is 0 Å². The smallest absolute Gasteiger partial charge is 0.0234 e. The molecule has 3 nitrogen and oxygen atoms in total. The Kier molecular flexibility index (Phi) is 5.06. The van der Waals surface area contributed by atoms with Gasteiger partial charge in [-0.15, -0.1) is 0 Å². The third-order valence-electron chi connectivity index (χ3n) is 4.52. The van der Waals surface area contributed by atoms with Crippen LogP contribution in [0.4, 0.5) is 0 Å². The Morgan fingerprint density at radius 2 is 1.95 bits per heavy atom. The number of likely N-dealkylation sites (tertiary alicyclic amines) is 1. The molecule has 2 saturated heterocycles. The van der Waals surface area contributed by atoms with Crippen LogP contribution in [0.2, 0.25) is 0 Å². The predicted octanol–water partition coefficient (Wildman–Crippen LogP) is 1.99. The van der Waals surface area contributed by atoms with Crippen molar-refractivity contribution in [3.05, 3.63) is 35.9 Å². The van der Waals surface area contributed by atoms with Gasteiger partial charge >= 0.3 is 0 Å². The Bertz CT molecular complexity index is 386. The molecule has 0 spiro atoms. The normalized spacial score (nSPS) is 28.4. The molecule has 3 rings (SSSR count). The summed E-state index contributed by atoms with van der Waals surface area (Å²) in [5.74, 6) is 0. The van der Waals surface area contributed by atoms with E-state index in [0.717, 1.165) is 13.1 Å². The highest BCUT2D eigenvalue weighted by atomic mass is 15.2. The van der Waals surface area contributed by atoms with Crippen molar-refractivity contribution in [3.8, 4) is 0 Å². The first-order valence-electron chi connectivity index (χ1n) is 8.13. The monoisotopic (exact) mass is 273 g/mol. The van der Waals surface area contributed by atoms with Gasteiger partial charge in [-0.25, -0.2) is 0 Å². The molecular formula is C17H27N3. The average molecular weight is 273 g/mol. The molecule has 1 aromatic carbocycles. The maximum absolute atomic E-state index is 3.87. The first kappa shape index (κ1) is 14.1. The second-order valence-electron chi connectivity index (χ2n) is 6.27. The molecule has 0 radical (unpaired) electrons. The fourth-order valence-electron chi connectivity index (χ4n) is 3.50. The van der Waals surface area contributed by atoms with E-state index in [0.29, 0.717) is 12.1 Å². The van der Waals surface area contributed by atoms with Crippen LogP contribution in [-0.2, 0) is 6.54 Å². The molecule has 0 bridgehead atoms. The van der Waals surface area contributed by atoms with Crippen LogP contribution in [0, 0.1) is 0 Å². The van der Waals surface area contributed by atoms with Gasteiger partial charge in [0, 0.05) is 31.7 Å². The summed E-state index contributed by atoms with van der Waals surface area (Å²) in [6.45, 7) is 5.89. The minimum atomic E-state index is 0.678. The Morgan fingerprint density at radius 3 is 2.75 bits per heavy atom. The minimum absolute atomic E-state index is 0.678. The number of nitrogens with zero attached hydrogens (tertiary/aromatic N) is 1. The standard InChI is InChI=1S/C17H27N3/c1-2-6-15(7-3-1)13-20-11-5-9-17(14-20)19-16-8-4-10-18-12-16/h1-3,6-7,16-19H,4-5,8-14H2. The lowest BCUT2D eigenvalue weighted by molar-refractivity contribution is 0.171. The van der Waals surface area contributed by atoms with Crippen LogP contribution in [0.15, 0.2) is 30.3 Å². The van der Waals surface area contributed by atoms with Crippen molar-refractivity contribution in [2.45, 2.75) is 44.3 Å². The van der Waals surface area contributed by atoms with E-state index in [2.05, 4.69) is 45.9 Å². The lowest BCUT2D eigenvalue weighted by Crippen LogP contribution is -2.52. The van der Waals surface area contributed by atoms with Gasteiger partial charge in [0.1, 0.15) is 0 Å². The second kappa shape index (κ2) is 7.21. The molecule has 2 atom stereocenters. The van der Waals surface area contributed by atoms with Gasteiger partial charge < -0.3 is 10.6 Å². The van der Waals surface area contributed by atoms with Gasteiger partial charge in [0.2, 0.25) is 0 Å². The van der Waals surface area contributed by atoms with Crippen molar-refractivity contribution in [1.82, 2.24) is 15.5 Å². The number of nitrogens with one attached hydrogen (secondary N) is 2. The van der Waals surface area contributed by atoms with E-state index >= 15 is 0 Å². The van der Waals surface area contributed by atoms with E-state index < -0.39 is 0 Å². The molecule has 2 aliphatic heterocycles. The summed E-state index contributed by atoms with van der Waals surface area (Å²) in [5, 5.41) is 7.37. The molecule has 0 aliphatic carbocycles. The van der Waals surface area contributed by atoms with Gasteiger partial charge in [-0.05, 0) is 44.3 Å². The average Bonchev–Trinajstić information content (AvgIpc) is 2.50. The van der Waals surface area contributed by atoms with E-state index in [4.69, 9.17) is 0 Å². The Balaban J connectivity index is 1.48. The Hall–Kier alpha value is -0.900. The van der Waals surface area contributed by atoms with Crippen molar-refractivity contribution in [2.75, 3.05) is 26.2 Å². The molecule has 20 heavy (non-hydrogen) atoms. The topological polar surface area (TPSA) is 27.3 Å². The number of rotatable bonds is 4. The highest BCUT2D eigenvalue weighted by Crippen LogP contribution is 2.15. The first-order valence-corrected chi connectivity index (χ1v) is 8.13. The van der Waals surface area contributed by atoms with Gasteiger partial charge in [0.25, 0.3) is 0 Å². The SMILES string of the molecule is c1ccc(CN2CCCC(NC3CCCNC3)C2)cc1. The zero-order valence-corrected chi connectivity index (χ0v) is 12.4. The van der Waals surface area contributed by atoms with Crippen molar-refractivity contribution < 1.29 is 0 Å². The zero-order chi connectivity index (χ0) is 13.6. The summed E-state index contributed by atoms with van der Waals surface area (Å²) in [4.78, 5) is 2.60.